The third-order valence-electron chi connectivity index (χ3n) is 9.85. The number of para-hydroxylation sites is 1. The van der Waals surface area contributed by atoms with Crippen LogP contribution in [0.1, 0.15) is 74.5 Å². The molecular formula is C38H51ClN4O7. The fraction of sp³-hybridized carbons (Fsp3) is 0.526. The molecule has 0 bridgehead atoms. The van der Waals surface area contributed by atoms with Crippen LogP contribution in [-0.4, -0.2) is 98.7 Å². The van der Waals surface area contributed by atoms with Gasteiger partial charge < -0.3 is 45.8 Å². The van der Waals surface area contributed by atoms with Gasteiger partial charge in [0.15, 0.2) is 0 Å². The quantitative estimate of drug-likeness (QED) is 0.0908. The van der Waals surface area contributed by atoms with Gasteiger partial charge in [-0.2, -0.15) is 0 Å². The van der Waals surface area contributed by atoms with Crippen molar-refractivity contribution in [3.05, 3.63) is 82.6 Å². The van der Waals surface area contributed by atoms with Crippen molar-refractivity contribution in [1.29, 1.82) is 0 Å². The Morgan fingerprint density at radius 3 is 2.50 bits per heavy atom. The topological polar surface area (TPSA) is 168 Å². The molecule has 0 aliphatic heterocycles. The first-order valence-corrected chi connectivity index (χ1v) is 18.0. The Labute approximate surface area is 299 Å². The molecule has 0 saturated heterocycles. The third kappa shape index (κ3) is 9.73. The first-order chi connectivity index (χ1) is 24.0. The van der Waals surface area contributed by atoms with E-state index in [1.165, 1.54) is 16.0 Å². The second kappa shape index (κ2) is 17.3. The van der Waals surface area contributed by atoms with Crippen LogP contribution < -0.4 is 15.4 Å². The van der Waals surface area contributed by atoms with Crippen LogP contribution in [0.15, 0.2) is 60.9 Å². The number of amides is 2. The van der Waals surface area contributed by atoms with Gasteiger partial charge in [-0.15, -0.1) is 0 Å². The number of benzene rings is 2. The van der Waals surface area contributed by atoms with Crippen molar-refractivity contribution in [2.45, 2.75) is 100 Å². The Bertz CT molecular complexity index is 1570. The predicted molar refractivity (Wildman–Crippen MR) is 192 cm³/mol. The highest BCUT2D eigenvalue weighted by Gasteiger charge is 2.46. The number of urea groups is 1. The number of carbonyl (C=O) groups is 1. The van der Waals surface area contributed by atoms with E-state index in [4.69, 9.17) is 21.4 Å². The smallest absolute Gasteiger partial charge is 0.317 e. The molecule has 2 amide bonds. The molecule has 5 rings (SSSR count). The lowest BCUT2D eigenvalue weighted by atomic mass is 9.93. The van der Waals surface area contributed by atoms with E-state index >= 15 is 0 Å². The second-order valence-electron chi connectivity index (χ2n) is 13.8. The number of hydrogen-bond donors (Lipinski definition) is 7. The summed E-state index contributed by atoms with van der Waals surface area (Å²) in [6, 6.07) is 16.2. The Balaban J connectivity index is 1.11. The maximum absolute atomic E-state index is 12.5. The van der Waals surface area contributed by atoms with Crippen LogP contribution in [0.5, 0.6) is 5.75 Å². The van der Waals surface area contributed by atoms with E-state index < -0.39 is 37.1 Å². The van der Waals surface area contributed by atoms with Crippen LogP contribution in [0.2, 0.25) is 5.02 Å². The molecule has 2 saturated carbocycles. The molecule has 50 heavy (non-hydrogen) atoms. The molecule has 0 radical (unpaired) electrons. The van der Waals surface area contributed by atoms with Crippen molar-refractivity contribution >= 4 is 17.6 Å². The minimum absolute atomic E-state index is 0.179. The summed E-state index contributed by atoms with van der Waals surface area (Å²) in [6.07, 6.45) is 4.38. The summed E-state index contributed by atoms with van der Waals surface area (Å²) < 4.78 is 6.26. The lowest BCUT2D eigenvalue weighted by Gasteiger charge is -2.26. The lowest BCUT2D eigenvalue weighted by Crippen LogP contribution is -2.51. The molecular weight excluding hydrogens is 660 g/mol. The molecule has 1 aromatic heterocycles. The fourth-order valence-electron chi connectivity index (χ4n) is 6.21. The number of nitrogens with one attached hydrogen (secondary N) is 2. The number of carbonyl (C=O) groups excluding carboxylic acids is 1. The number of nitrogens with zero attached hydrogens (tertiary/aromatic N) is 2. The maximum Gasteiger partial charge on any atom is 0.317 e. The Morgan fingerprint density at radius 2 is 1.78 bits per heavy atom. The maximum atomic E-state index is 12.5. The standard InChI is InChI=1S/C38H51ClN4O7/c1-24(7-5-6-18-43(2)37(49)41-22-32(45)35(47)36(48)33(46)23-44)25-10-13-31(39)26(19-25)20-42-38(15-16-38)30-21-40-17-14-28(30)29-8-3-4-9-34(29)50-27-11-12-27/h3-4,8-10,13-14,17,19,21,24,27,32-33,35-36,42,44-48H,5-7,11-12,15-16,18,20,22-23H2,1-2H3,(H,41,49). The highest BCUT2D eigenvalue weighted by atomic mass is 35.5. The zero-order chi connectivity index (χ0) is 35.8. The van der Waals surface area contributed by atoms with Crippen LogP contribution in [0, 0.1) is 0 Å². The van der Waals surface area contributed by atoms with Crippen LogP contribution in [0.25, 0.3) is 11.1 Å². The molecule has 2 aliphatic rings. The number of rotatable bonds is 19. The van der Waals surface area contributed by atoms with E-state index in [1.54, 1.807) is 7.05 Å². The number of halogens is 1. The zero-order valence-corrected chi connectivity index (χ0v) is 29.6. The molecule has 2 aromatic carbocycles. The highest BCUT2D eigenvalue weighted by Crippen LogP contribution is 2.50. The number of ether oxygens (including phenoxy) is 1. The van der Waals surface area contributed by atoms with Gasteiger partial charge in [-0.3, -0.25) is 4.98 Å². The van der Waals surface area contributed by atoms with Crippen molar-refractivity contribution in [2.75, 3.05) is 26.7 Å². The first kappa shape index (κ1) is 38.0. The minimum Gasteiger partial charge on any atom is -0.490 e. The van der Waals surface area contributed by atoms with Gasteiger partial charge >= 0.3 is 6.03 Å². The van der Waals surface area contributed by atoms with E-state index in [2.05, 4.69) is 58.9 Å². The molecule has 5 atom stereocenters. The fourth-order valence-corrected chi connectivity index (χ4v) is 6.40. The number of pyridine rings is 1. The first-order valence-electron chi connectivity index (χ1n) is 17.6. The second-order valence-corrected chi connectivity index (χ2v) is 14.2. The van der Waals surface area contributed by atoms with Crippen molar-refractivity contribution in [2.24, 2.45) is 0 Å². The van der Waals surface area contributed by atoms with Gasteiger partial charge in [0.2, 0.25) is 0 Å². The Hall–Kier alpha value is -3.29. The summed E-state index contributed by atoms with van der Waals surface area (Å²) in [4.78, 5) is 18.5. The normalized spacial score (nSPS) is 18.1. The Kier molecular flexibility index (Phi) is 13.1. The summed E-state index contributed by atoms with van der Waals surface area (Å²) in [5.74, 6) is 1.20. The van der Waals surface area contributed by atoms with Crippen LogP contribution in [0.3, 0.4) is 0 Å². The summed E-state index contributed by atoms with van der Waals surface area (Å²) in [5.41, 5.74) is 5.49. The Morgan fingerprint density at radius 1 is 1.04 bits per heavy atom. The van der Waals surface area contributed by atoms with E-state index in [1.807, 2.05) is 24.5 Å². The minimum atomic E-state index is -1.74. The summed E-state index contributed by atoms with van der Waals surface area (Å²) in [6.45, 7) is 2.22. The average molecular weight is 711 g/mol. The van der Waals surface area contributed by atoms with E-state index in [9.17, 15) is 25.2 Å². The zero-order valence-electron chi connectivity index (χ0n) is 28.8. The number of hydrogen-bond acceptors (Lipinski definition) is 9. The molecule has 2 fully saturated rings. The molecule has 1 heterocycles. The number of aliphatic hydroxyl groups is 5. The van der Waals surface area contributed by atoms with Gasteiger partial charge in [0.05, 0.1) is 18.8 Å². The average Bonchev–Trinajstić information content (AvgIpc) is 4.08. The lowest BCUT2D eigenvalue weighted by molar-refractivity contribution is -0.113. The van der Waals surface area contributed by atoms with E-state index in [0.717, 1.165) is 72.4 Å². The van der Waals surface area contributed by atoms with Crippen molar-refractivity contribution in [3.63, 3.8) is 0 Å². The van der Waals surface area contributed by atoms with E-state index in [-0.39, 0.29) is 18.0 Å². The van der Waals surface area contributed by atoms with Crippen molar-refractivity contribution in [3.8, 4) is 16.9 Å². The van der Waals surface area contributed by atoms with Crippen LogP contribution >= 0.6 is 11.6 Å². The highest BCUT2D eigenvalue weighted by molar-refractivity contribution is 6.31. The van der Waals surface area contributed by atoms with Crippen molar-refractivity contribution < 1.29 is 35.1 Å². The molecule has 2 aliphatic carbocycles. The predicted octanol–water partition coefficient (Wildman–Crippen LogP) is 4.07. The molecule has 5 unspecified atom stereocenters. The summed E-state index contributed by atoms with van der Waals surface area (Å²) >= 11 is 6.71. The number of unbranched alkanes of at least 4 members (excludes halogenated alkanes) is 1. The van der Waals surface area contributed by atoms with Gasteiger partial charge in [-0.05, 0) is 84.9 Å². The van der Waals surface area contributed by atoms with Gasteiger partial charge in [0.1, 0.15) is 24.1 Å². The molecule has 12 heteroatoms. The van der Waals surface area contributed by atoms with E-state index in [0.29, 0.717) is 19.2 Å². The summed E-state index contributed by atoms with van der Waals surface area (Å²) in [5, 5.41) is 55.2. The number of aromatic nitrogens is 1. The molecule has 11 nitrogen and oxygen atoms in total. The van der Waals surface area contributed by atoms with Crippen LogP contribution in [0.4, 0.5) is 4.79 Å². The van der Waals surface area contributed by atoms with Crippen molar-refractivity contribution in [1.82, 2.24) is 20.5 Å². The number of aliphatic hydroxyl groups excluding tert-OH is 5. The van der Waals surface area contributed by atoms with Crippen LogP contribution in [-0.2, 0) is 12.1 Å². The van der Waals surface area contributed by atoms with Gasteiger partial charge in [-0.25, -0.2) is 4.79 Å². The van der Waals surface area contributed by atoms with Gasteiger partial charge in [0.25, 0.3) is 0 Å². The SMILES string of the molecule is CC(CCCCN(C)C(=O)NCC(O)C(O)C(O)C(O)CO)c1ccc(Cl)c(CNC2(c3cnccc3-c3ccccc3OC3CC3)CC2)c1. The van der Waals surface area contributed by atoms with Gasteiger partial charge in [0, 0.05) is 55.2 Å². The third-order valence-corrected chi connectivity index (χ3v) is 10.2. The molecule has 3 aromatic rings. The monoisotopic (exact) mass is 710 g/mol. The summed E-state index contributed by atoms with van der Waals surface area (Å²) in [7, 11) is 1.65. The van der Waals surface area contributed by atoms with Gasteiger partial charge in [-0.1, -0.05) is 55.3 Å². The molecule has 7 N–H and O–H groups in total. The largest absolute Gasteiger partial charge is 0.490 e. The molecule has 272 valence electrons. The molecule has 0 spiro atoms.